The maximum atomic E-state index is 12.1. The molecule has 0 rings (SSSR count). The molecule has 8 nitrogen and oxygen atoms in total. The highest BCUT2D eigenvalue weighted by molar-refractivity contribution is 7.85. The van der Waals surface area contributed by atoms with Crippen LogP contribution in [0.3, 0.4) is 0 Å². The molecule has 9 heteroatoms. The molecule has 1 atom stereocenters. The predicted molar refractivity (Wildman–Crippen MR) is 159 cm³/mol. The standard InChI is InChI=1S/C30H58N2O6S/c1-27(33)29(31)23-18-19-25-32-30(35)24-17-16-22-28(34)21-15-13-11-9-7-5-3-2-4-6-8-10-12-14-20-26-39(36,37)38/h29H,2-26,31H2,1H3,(H,32,35)(H,36,37,38)/t29-/m0/s1. The average Bonchev–Trinajstić information content (AvgIpc) is 2.87. The molecule has 0 unspecified atom stereocenters. The molecule has 0 aromatic heterocycles. The van der Waals surface area contributed by atoms with E-state index >= 15 is 0 Å². The van der Waals surface area contributed by atoms with Crippen LogP contribution in [0.2, 0.25) is 0 Å². The summed E-state index contributed by atoms with van der Waals surface area (Å²) in [4.78, 5) is 35.0. The molecule has 0 fully saturated rings. The lowest BCUT2D eigenvalue weighted by Crippen LogP contribution is -2.28. The van der Waals surface area contributed by atoms with Crippen LogP contribution in [-0.4, -0.2) is 48.8 Å². The number of rotatable bonds is 29. The number of amides is 1. The van der Waals surface area contributed by atoms with E-state index in [0.717, 1.165) is 57.8 Å². The van der Waals surface area contributed by atoms with Crippen molar-refractivity contribution in [2.24, 2.45) is 5.73 Å². The molecule has 0 aliphatic rings. The second-order valence-electron chi connectivity index (χ2n) is 11.1. The fraction of sp³-hybridized carbons (Fsp3) is 0.900. The largest absolute Gasteiger partial charge is 0.356 e. The van der Waals surface area contributed by atoms with Crippen molar-refractivity contribution < 1.29 is 27.4 Å². The van der Waals surface area contributed by atoms with Crippen LogP contribution < -0.4 is 11.1 Å². The zero-order valence-corrected chi connectivity index (χ0v) is 25.5. The zero-order valence-electron chi connectivity index (χ0n) is 24.7. The second kappa shape index (κ2) is 25.6. The Bertz CT molecular complexity index is 742. The lowest BCUT2D eigenvalue weighted by Gasteiger charge is -2.08. The van der Waals surface area contributed by atoms with Gasteiger partial charge in [-0.15, -0.1) is 0 Å². The van der Waals surface area contributed by atoms with Gasteiger partial charge >= 0.3 is 0 Å². The highest BCUT2D eigenvalue weighted by Gasteiger charge is 2.08. The fourth-order valence-corrected chi connectivity index (χ4v) is 5.22. The van der Waals surface area contributed by atoms with Crippen molar-refractivity contribution in [1.82, 2.24) is 5.32 Å². The molecule has 1 amide bonds. The van der Waals surface area contributed by atoms with Gasteiger partial charge in [-0.2, -0.15) is 8.42 Å². The minimum Gasteiger partial charge on any atom is -0.356 e. The van der Waals surface area contributed by atoms with Gasteiger partial charge in [-0.25, -0.2) is 0 Å². The van der Waals surface area contributed by atoms with Crippen LogP contribution >= 0.6 is 0 Å². The van der Waals surface area contributed by atoms with Crippen molar-refractivity contribution in [3.05, 3.63) is 0 Å². The molecule has 0 saturated carbocycles. The van der Waals surface area contributed by atoms with Crippen LogP contribution in [0.4, 0.5) is 0 Å². The quantitative estimate of drug-likeness (QED) is 0.0688. The number of ketones is 2. The Hall–Kier alpha value is -1.32. The summed E-state index contributed by atoms with van der Waals surface area (Å²) in [7, 11) is -3.79. The summed E-state index contributed by atoms with van der Waals surface area (Å²) in [5.41, 5.74) is 5.69. The molecule has 0 aromatic carbocycles. The van der Waals surface area contributed by atoms with E-state index in [1.165, 1.54) is 64.7 Å². The molecule has 0 aliphatic heterocycles. The van der Waals surface area contributed by atoms with E-state index in [2.05, 4.69) is 5.32 Å². The van der Waals surface area contributed by atoms with Gasteiger partial charge in [0.2, 0.25) is 5.91 Å². The SMILES string of the molecule is CC(=O)[C@@H](N)CCCCNC(=O)CCCCC(=O)CCCCCCCCCCCCCCCCCS(=O)(=O)O. The van der Waals surface area contributed by atoms with E-state index in [0.29, 0.717) is 44.4 Å². The highest BCUT2D eigenvalue weighted by atomic mass is 32.2. The van der Waals surface area contributed by atoms with Crippen molar-refractivity contribution >= 4 is 27.6 Å². The summed E-state index contributed by atoms with van der Waals surface area (Å²) in [5.74, 6) is 0.236. The number of carbonyl (C=O) groups excluding carboxylic acids is 3. The van der Waals surface area contributed by atoms with Crippen molar-refractivity contribution in [2.75, 3.05) is 12.3 Å². The number of nitrogens with one attached hydrogen (secondary N) is 1. The summed E-state index contributed by atoms with van der Waals surface area (Å²) >= 11 is 0. The Morgan fingerprint density at radius 3 is 1.51 bits per heavy atom. The number of hydrogen-bond acceptors (Lipinski definition) is 6. The summed E-state index contributed by atoms with van der Waals surface area (Å²) in [6.07, 6.45) is 22.6. The zero-order chi connectivity index (χ0) is 29.2. The summed E-state index contributed by atoms with van der Waals surface area (Å²) in [6, 6.07) is -0.393. The number of Topliss-reactive ketones (excluding diaryl/α,β-unsaturated/α-hetero) is 2. The van der Waals surface area contributed by atoms with Gasteiger partial charge in [0.1, 0.15) is 11.6 Å². The van der Waals surface area contributed by atoms with Crippen molar-refractivity contribution in [3.8, 4) is 0 Å². The molecule has 4 N–H and O–H groups in total. The lowest BCUT2D eigenvalue weighted by atomic mass is 10.0. The third-order valence-electron chi connectivity index (χ3n) is 7.25. The van der Waals surface area contributed by atoms with E-state index in [4.69, 9.17) is 10.3 Å². The number of hydrogen-bond donors (Lipinski definition) is 3. The van der Waals surface area contributed by atoms with E-state index < -0.39 is 16.2 Å². The minimum atomic E-state index is -3.79. The van der Waals surface area contributed by atoms with Gasteiger partial charge < -0.3 is 11.1 Å². The van der Waals surface area contributed by atoms with Gasteiger partial charge in [-0.05, 0) is 51.9 Å². The van der Waals surface area contributed by atoms with Crippen molar-refractivity contribution in [1.29, 1.82) is 0 Å². The summed E-state index contributed by atoms with van der Waals surface area (Å²) in [6.45, 7) is 2.11. The highest BCUT2D eigenvalue weighted by Crippen LogP contribution is 2.14. The van der Waals surface area contributed by atoms with Crippen molar-refractivity contribution in [3.63, 3.8) is 0 Å². The Morgan fingerprint density at radius 1 is 0.641 bits per heavy atom. The average molecular weight is 575 g/mol. The third-order valence-corrected chi connectivity index (χ3v) is 8.06. The second-order valence-corrected chi connectivity index (χ2v) is 12.7. The van der Waals surface area contributed by atoms with Crippen LogP contribution in [0.25, 0.3) is 0 Å². The molecule has 0 aliphatic carbocycles. The molecule has 0 aromatic rings. The molecule has 0 saturated heterocycles. The smallest absolute Gasteiger partial charge is 0.264 e. The number of nitrogens with two attached hydrogens (primary N) is 1. The van der Waals surface area contributed by atoms with E-state index in [-0.39, 0.29) is 17.4 Å². The molecule has 230 valence electrons. The topological polar surface area (TPSA) is 144 Å². The van der Waals surface area contributed by atoms with Crippen LogP contribution in [0.1, 0.15) is 155 Å². The van der Waals surface area contributed by atoms with Gasteiger partial charge in [0.25, 0.3) is 10.1 Å². The first-order valence-electron chi connectivity index (χ1n) is 15.6. The maximum Gasteiger partial charge on any atom is 0.264 e. The molecular weight excluding hydrogens is 516 g/mol. The molecular formula is C30H58N2O6S. The van der Waals surface area contributed by atoms with Gasteiger partial charge in [0, 0.05) is 25.8 Å². The predicted octanol–water partition coefficient (Wildman–Crippen LogP) is 6.45. The van der Waals surface area contributed by atoms with E-state index in [1.54, 1.807) is 0 Å². The Balaban J connectivity index is 3.32. The Labute approximate surface area is 238 Å². The fourth-order valence-electron chi connectivity index (χ4n) is 4.65. The van der Waals surface area contributed by atoms with Gasteiger partial charge in [0.15, 0.2) is 0 Å². The van der Waals surface area contributed by atoms with Crippen LogP contribution in [-0.2, 0) is 24.5 Å². The Morgan fingerprint density at radius 2 is 1.05 bits per heavy atom. The molecule has 0 radical (unpaired) electrons. The Kier molecular flexibility index (Phi) is 24.8. The van der Waals surface area contributed by atoms with Crippen LogP contribution in [0, 0.1) is 0 Å². The summed E-state index contributed by atoms with van der Waals surface area (Å²) < 4.78 is 30.0. The third kappa shape index (κ3) is 29.5. The molecule has 0 heterocycles. The number of unbranched alkanes of at least 4 members (excludes halogenated alkanes) is 16. The normalized spacial score (nSPS) is 12.4. The maximum absolute atomic E-state index is 12.1. The van der Waals surface area contributed by atoms with Gasteiger partial charge in [-0.3, -0.25) is 18.9 Å². The van der Waals surface area contributed by atoms with Crippen LogP contribution in [0.5, 0.6) is 0 Å². The minimum absolute atomic E-state index is 0.00351. The molecule has 0 bridgehead atoms. The first-order chi connectivity index (χ1) is 18.6. The number of carbonyl (C=O) groups is 3. The van der Waals surface area contributed by atoms with Gasteiger partial charge in [0.05, 0.1) is 11.8 Å². The summed E-state index contributed by atoms with van der Waals surface area (Å²) in [5, 5.41) is 2.89. The monoisotopic (exact) mass is 574 g/mol. The lowest BCUT2D eigenvalue weighted by molar-refractivity contribution is -0.122. The van der Waals surface area contributed by atoms with Gasteiger partial charge in [-0.1, -0.05) is 83.5 Å². The van der Waals surface area contributed by atoms with Crippen LogP contribution in [0.15, 0.2) is 0 Å². The van der Waals surface area contributed by atoms with E-state index in [9.17, 15) is 22.8 Å². The van der Waals surface area contributed by atoms with Crippen molar-refractivity contribution in [2.45, 2.75) is 161 Å². The molecule has 0 spiro atoms. The molecule has 39 heavy (non-hydrogen) atoms. The van der Waals surface area contributed by atoms with E-state index in [1.807, 2.05) is 0 Å². The first-order valence-corrected chi connectivity index (χ1v) is 17.2. The first kappa shape index (κ1) is 37.7.